The molecule has 0 aliphatic rings. The van der Waals surface area contributed by atoms with Crippen LogP contribution in [0.3, 0.4) is 0 Å². The number of amides is 2. The third-order valence-corrected chi connectivity index (χ3v) is 4.07. The molecule has 1 N–H and O–H groups in total. The molecule has 0 heterocycles. The summed E-state index contributed by atoms with van der Waals surface area (Å²) in [6.07, 6.45) is 0.111. The van der Waals surface area contributed by atoms with Gasteiger partial charge in [-0.1, -0.05) is 29.3 Å². The monoisotopic (exact) mass is 380 g/mol. The van der Waals surface area contributed by atoms with Crippen molar-refractivity contribution in [3.05, 3.63) is 52.5 Å². The number of rotatable bonds is 6. The number of carbonyl (C=O) groups excluding carboxylic acids is 2. The van der Waals surface area contributed by atoms with Crippen molar-refractivity contribution in [2.75, 3.05) is 23.9 Å². The molecule has 0 atom stereocenters. The Balaban J connectivity index is 2.04. The molecule has 0 aliphatic carbocycles. The van der Waals surface area contributed by atoms with Gasteiger partial charge in [-0.3, -0.25) is 9.59 Å². The molecule has 0 aromatic heterocycles. The van der Waals surface area contributed by atoms with E-state index < -0.39 is 0 Å². The molecule has 0 aliphatic heterocycles. The average Bonchev–Trinajstić information content (AvgIpc) is 2.58. The molecule has 2 rings (SSSR count). The van der Waals surface area contributed by atoms with Crippen LogP contribution in [0.5, 0.6) is 5.75 Å². The topological polar surface area (TPSA) is 58.6 Å². The maximum atomic E-state index is 12.2. The molecule has 2 aromatic rings. The Bertz CT molecular complexity index is 781. The summed E-state index contributed by atoms with van der Waals surface area (Å²) >= 11 is 11.9. The second-order valence-corrected chi connectivity index (χ2v) is 6.14. The van der Waals surface area contributed by atoms with Gasteiger partial charge >= 0.3 is 0 Å². The van der Waals surface area contributed by atoms with Crippen molar-refractivity contribution in [2.24, 2.45) is 0 Å². The lowest BCUT2D eigenvalue weighted by molar-refractivity contribution is -0.117. The molecule has 0 saturated carbocycles. The summed E-state index contributed by atoms with van der Waals surface area (Å²) in [6.45, 7) is 1.68. The summed E-state index contributed by atoms with van der Waals surface area (Å²) in [5.74, 6) is 0.207. The molecule has 7 heteroatoms. The van der Waals surface area contributed by atoms with Crippen molar-refractivity contribution >= 4 is 46.4 Å². The first kappa shape index (κ1) is 19.1. The number of hydrogen-bond donors (Lipinski definition) is 1. The summed E-state index contributed by atoms with van der Waals surface area (Å²) in [5, 5.41) is 3.57. The van der Waals surface area contributed by atoms with Gasteiger partial charge in [0.1, 0.15) is 5.75 Å². The minimum atomic E-state index is -0.265. The van der Waals surface area contributed by atoms with Crippen LogP contribution in [0.4, 0.5) is 11.4 Å². The maximum Gasteiger partial charge on any atom is 0.226 e. The Labute approximate surface area is 156 Å². The first-order valence-electron chi connectivity index (χ1n) is 7.57. The molecule has 5 nitrogen and oxygen atoms in total. The molecule has 0 bridgehead atoms. The Morgan fingerprint density at radius 2 is 1.92 bits per heavy atom. The zero-order valence-corrected chi connectivity index (χ0v) is 15.4. The number of anilines is 2. The van der Waals surface area contributed by atoms with E-state index in [1.165, 1.54) is 11.8 Å². The number of benzene rings is 2. The summed E-state index contributed by atoms with van der Waals surface area (Å²) in [5.41, 5.74) is 1.11. The molecular formula is C18H18Cl2N2O3. The van der Waals surface area contributed by atoms with E-state index in [0.29, 0.717) is 27.2 Å². The Kier molecular flexibility index (Phi) is 6.67. The highest BCUT2D eigenvalue weighted by Crippen LogP contribution is 2.26. The van der Waals surface area contributed by atoms with Gasteiger partial charge in [-0.05, 0) is 30.3 Å². The molecule has 2 amide bonds. The zero-order chi connectivity index (χ0) is 18.4. The van der Waals surface area contributed by atoms with Gasteiger partial charge in [0, 0.05) is 36.7 Å². The second-order valence-electron chi connectivity index (χ2n) is 5.29. The van der Waals surface area contributed by atoms with Crippen LogP contribution in [0.2, 0.25) is 10.0 Å². The number of hydrogen-bond acceptors (Lipinski definition) is 3. The van der Waals surface area contributed by atoms with Gasteiger partial charge < -0.3 is 15.0 Å². The highest BCUT2D eigenvalue weighted by molar-refractivity contribution is 6.35. The fourth-order valence-corrected chi connectivity index (χ4v) is 2.60. The second kappa shape index (κ2) is 8.74. The molecule has 0 radical (unpaired) electrons. The van der Waals surface area contributed by atoms with E-state index in [0.717, 1.165) is 0 Å². The van der Waals surface area contributed by atoms with Crippen LogP contribution >= 0.6 is 23.2 Å². The van der Waals surface area contributed by atoms with Crippen LogP contribution in [0.15, 0.2) is 42.5 Å². The lowest BCUT2D eigenvalue weighted by Crippen LogP contribution is -2.32. The fraction of sp³-hybridized carbons (Fsp3) is 0.222. The smallest absolute Gasteiger partial charge is 0.226 e. The minimum absolute atomic E-state index is 0.111. The van der Waals surface area contributed by atoms with Crippen molar-refractivity contribution in [3.63, 3.8) is 0 Å². The first-order chi connectivity index (χ1) is 11.9. The number of carbonyl (C=O) groups is 2. The SMILES string of the molecule is COc1cccc(N(CCC(=O)Nc2cc(Cl)ccc2Cl)C(C)=O)c1. The van der Waals surface area contributed by atoms with Gasteiger partial charge in [-0.2, -0.15) is 0 Å². The summed E-state index contributed by atoms with van der Waals surface area (Å²) in [4.78, 5) is 25.6. The van der Waals surface area contributed by atoms with E-state index in [4.69, 9.17) is 27.9 Å². The molecule has 2 aromatic carbocycles. The van der Waals surface area contributed by atoms with Gasteiger partial charge in [0.25, 0.3) is 0 Å². The third kappa shape index (κ3) is 5.37. The molecule has 0 unspecified atom stereocenters. The van der Waals surface area contributed by atoms with Crippen molar-refractivity contribution in [1.82, 2.24) is 0 Å². The number of methoxy groups -OCH3 is 1. The molecule has 0 spiro atoms. The lowest BCUT2D eigenvalue weighted by atomic mass is 10.2. The maximum absolute atomic E-state index is 12.2. The fourth-order valence-electron chi connectivity index (χ4n) is 2.27. The summed E-state index contributed by atoms with van der Waals surface area (Å²) in [6, 6.07) is 11.9. The zero-order valence-electron chi connectivity index (χ0n) is 13.9. The highest BCUT2D eigenvalue weighted by atomic mass is 35.5. The van der Waals surface area contributed by atoms with E-state index in [-0.39, 0.29) is 24.8 Å². The third-order valence-electron chi connectivity index (χ3n) is 3.51. The van der Waals surface area contributed by atoms with Crippen molar-refractivity contribution < 1.29 is 14.3 Å². The Morgan fingerprint density at radius 1 is 1.16 bits per heavy atom. The van der Waals surface area contributed by atoms with Gasteiger partial charge in [0.2, 0.25) is 11.8 Å². The predicted octanol–water partition coefficient (Wildman–Crippen LogP) is 4.38. The number of nitrogens with zero attached hydrogens (tertiary/aromatic N) is 1. The van der Waals surface area contributed by atoms with Crippen LogP contribution in [0.25, 0.3) is 0 Å². The van der Waals surface area contributed by atoms with E-state index in [1.807, 2.05) is 0 Å². The minimum Gasteiger partial charge on any atom is -0.497 e. The average molecular weight is 381 g/mol. The first-order valence-corrected chi connectivity index (χ1v) is 8.33. The van der Waals surface area contributed by atoms with Crippen LogP contribution in [0, 0.1) is 0 Å². The van der Waals surface area contributed by atoms with Crippen molar-refractivity contribution in [3.8, 4) is 5.75 Å². The van der Waals surface area contributed by atoms with Crippen LogP contribution in [-0.4, -0.2) is 25.5 Å². The standard InChI is InChI=1S/C18H18Cl2N2O3/c1-12(23)22(14-4-3-5-15(11-14)25-2)9-8-18(24)21-17-10-13(19)6-7-16(17)20/h3-7,10-11H,8-9H2,1-2H3,(H,21,24). The molecule has 0 saturated heterocycles. The van der Waals surface area contributed by atoms with E-state index in [2.05, 4.69) is 5.32 Å². The molecule has 0 fully saturated rings. The highest BCUT2D eigenvalue weighted by Gasteiger charge is 2.15. The normalized spacial score (nSPS) is 10.2. The largest absolute Gasteiger partial charge is 0.497 e. The van der Waals surface area contributed by atoms with Gasteiger partial charge in [-0.25, -0.2) is 0 Å². The summed E-state index contributed by atoms with van der Waals surface area (Å²) in [7, 11) is 1.55. The molecular weight excluding hydrogens is 363 g/mol. The van der Waals surface area contributed by atoms with E-state index >= 15 is 0 Å². The predicted molar refractivity (Wildman–Crippen MR) is 101 cm³/mol. The number of halogens is 2. The Morgan fingerprint density at radius 3 is 2.60 bits per heavy atom. The lowest BCUT2D eigenvalue weighted by Gasteiger charge is -2.21. The Hall–Kier alpha value is -2.24. The van der Waals surface area contributed by atoms with Gasteiger partial charge in [-0.15, -0.1) is 0 Å². The van der Waals surface area contributed by atoms with Crippen LogP contribution in [0.1, 0.15) is 13.3 Å². The van der Waals surface area contributed by atoms with Gasteiger partial charge in [0.05, 0.1) is 17.8 Å². The number of nitrogens with one attached hydrogen (secondary N) is 1. The van der Waals surface area contributed by atoms with Crippen LogP contribution in [-0.2, 0) is 9.59 Å². The van der Waals surface area contributed by atoms with Crippen LogP contribution < -0.4 is 15.0 Å². The van der Waals surface area contributed by atoms with E-state index in [1.54, 1.807) is 49.6 Å². The number of ether oxygens (including phenoxy) is 1. The van der Waals surface area contributed by atoms with Gasteiger partial charge in [0.15, 0.2) is 0 Å². The molecule has 25 heavy (non-hydrogen) atoms. The summed E-state index contributed by atoms with van der Waals surface area (Å²) < 4.78 is 5.17. The molecule has 132 valence electrons. The van der Waals surface area contributed by atoms with E-state index in [9.17, 15) is 9.59 Å². The van der Waals surface area contributed by atoms with Crippen molar-refractivity contribution in [1.29, 1.82) is 0 Å². The quantitative estimate of drug-likeness (QED) is 0.808. The van der Waals surface area contributed by atoms with Crippen molar-refractivity contribution in [2.45, 2.75) is 13.3 Å².